The number of hydrogen-bond donors (Lipinski definition) is 1. The third-order valence-corrected chi connectivity index (χ3v) is 6.59. The molecule has 1 amide bonds. The standard InChI is InChI=1S/C27H23N5O2S/c1-18(26(33)29-24-12-6-11-23-22(24)10-7-17-28-23)35-27-31-30-25(19-13-15-21(34-2)16-14-19)32(27)20-8-4-3-5-9-20/h3-18H,1-2H3,(H,29,33). The van der Waals surface area contributed by atoms with E-state index in [1.165, 1.54) is 11.8 Å². The molecule has 3 aromatic carbocycles. The highest BCUT2D eigenvalue weighted by Crippen LogP contribution is 2.31. The number of thioether (sulfide) groups is 1. The molecule has 5 rings (SSSR count). The Balaban J connectivity index is 1.44. The predicted octanol–water partition coefficient (Wildman–Crippen LogP) is 5.61. The van der Waals surface area contributed by atoms with Crippen molar-refractivity contribution in [3.8, 4) is 22.8 Å². The minimum atomic E-state index is -0.419. The monoisotopic (exact) mass is 481 g/mol. The number of nitrogens with zero attached hydrogens (tertiary/aromatic N) is 4. The van der Waals surface area contributed by atoms with E-state index in [0.717, 1.165) is 33.6 Å². The molecule has 0 aliphatic carbocycles. The minimum absolute atomic E-state index is 0.125. The predicted molar refractivity (Wildman–Crippen MR) is 139 cm³/mol. The lowest BCUT2D eigenvalue weighted by molar-refractivity contribution is -0.115. The Bertz CT molecular complexity index is 1460. The van der Waals surface area contributed by atoms with E-state index in [1.54, 1.807) is 13.3 Å². The molecule has 1 atom stereocenters. The van der Waals surface area contributed by atoms with Gasteiger partial charge in [-0.15, -0.1) is 10.2 Å². The van der Waals surface area contributed by atoms with Crippen LogP contribution in [0.25, 0.3) is 28.0 Å². The normalized spacial score (nSPS) is 11.8. The van der Waals surface area contributed by atoms with Gasteiger partial charge in [-0.1, -0.05) is 36.0 Å². The molecule has 1 unspecified atom stereocenters. The van der Waals surface area contributed by atoms with Crippen molar-refractivity contribution in [3.63, 3.8) is 0 Å². The number of hydrogen-bond acceptors (Lipinski definition) is 6. The molecule has 0 radical (unpaired) electrons. The fraction of sp³-hybridized carbons (Fsp3) is 0.111. The molecule has 0 bridgehead atoms. The number of pyridine rings is 1. The van der Waals surface area contributed by atoms with E-state index in [1.807, 2.05) is 96.4 Å². The van der Waals surface area contributed by atoms with Crippen LogP contribution in [0.1, 0.15) is 6.92 Å². The van der Waals surface area contributed by atoms with E-state index in [4.69, 9.17) is 4.74 Å². The van der Waals surface area contributed by atoms with Crippen molar-refractivity contribution in [2.24, 2.45) is 0 Å². The second kappa shape index (κ2) is 9.99. The molecule has 0 spiro atoms. The summed E-state index contributed by atoms with van der Waals surface area (Å²) in [6, 6.07) is 27.0. The summed E-state index contributed by atoms with van der Waals surface area (Å²) < 4.78 is 7.25. The second-order valence-electron chi connectivity index (χ2n) is 7.83. The highest BCUT2D eigenvalue weighted by Gasteiger charge is 2.22. The molecule has 1 N–H and O–H groups in total. The Labute approximate surface area is 207 Å². The van der Waals surface area contributed by atoms with Gasteiger partial charge in [-0.2, -0.15) is 0 Å². The van der Waals surface area contributed by atoms with Gasteiger partial charge in [0, 0.05) is 22.8 Å². The van der Waals surface area contributed by atoms with Gasteiger partial charge in [0.1, 0.15) is 5.75 Å². The van der Waals surface area contributed by atoms with E-state index < -0.39 is 5.25 Å². The number of methoxy groups -OCH3 is 1. The molecule has 2 heterocycles. The smallest absolute Gasteiger partial charge is 0.237 e. The van der Waals surface area contributed by atoms with Crippen LogP contribution in [0.15, 0.2) is 96.3 Å². The van der Waals surface area contributed by atoms with Crippen LogP contribution in [0.3, 0.4) is 0 Å². The van der Waals surface area contributed by atoms with Gasteiger partial charge in [0.05, 0.1) is 23.6 Å². The Morgan fingerprint density at radius 3 is 2.51 bits per heavy atom. The van der Waals surface area contributed by atoms with Gasteiger partial charge in [-0.25, -0.2) is 0 Å². The van der Waals surface area contributed by atoms with Gasteiger partial charge in [0.2, 0.25) is 5.91 Å². The molecule has 174 valence electrons. The molecule has 0 aliphatic heterocycles. The van der Waals surface area contributed by atoms with Crippen molar-refractivity contribution in [1.82, 2.24) is 19.7 Å². The Hall–Kier alpha value is -4.17. The number of benzene rings is 3. The van der Waals surface area contributed by atoms with E-state index in [9.17, 15) is 4.79 Å². The van der Waals surface area contributed by atoms with E-state index >= 15 is 0 Å². The van der Waals surface area contributed by atoms with Crippen LogP contribution in [-0.2, 0) is 4.79 Å². The van der Waals surface area contributed by atoms with E-state index in [-0.39, 0.29) is 5.91 Å². The SMILES string of the molecule is COc1ccc(-c2nnc(SC(C)C(=O)Nc3cccc4ncccc34)n2-c2ccccc2)cc1. The molecule has 2 aromatic heterocycles. The molecule has 5 aromatic rings. The van der Waals surface area contributed by atoms with Gasteiger partial charge >= 0.3 is 0 Å². The molecule has 7 nitrogen and oxygen atoms in total. The molecule has 8 heteroatoms. The van der Waals surface area contributed by atoms with Crippen molar-refractivity contribution >= 4 is 34.3 Å². The van der Waals surface area contributed by atoms with Crippen LogP contribution >= 0.6 is 11.8 Å². The average molecular weight is 482 g/mol. The first-order valence-electron chi connectivity index (χ1n) is 11.1. The van der Waals surface area contributed by atoms with Crippen molar-refractivity contribution in [2.45, 2.75) is 17.3 Å². The highest BCUT2D eigenvalue weighted by molar-refractivity contribution is 8.00. The average Bonchev–Trinajstić information content (AvgIpc) is 3.32. The number of fused-ring (bicyclic) bond motifs is 1. The maximum Gasteiger partial charge on any atom is 0.237 e. The molecular formula is C27H23N5O2S. The largest absolute Gasteiger partial charge is 0.497 e. The van der Waals surface area contributed by atoms with Gasteiger partial charge in [-0.05, 0) is 67.6 Å². The number of anilines is 1. The summed E-state index contributed by atoms with van der Waals surface area (Å²) in [4.78, 5) is 17.5. The maximum absolute atomic E-state index is 13.1. The number of amides is 1. The highest BCUT2D eigenvalue weighted by atomic mass is 32.2. The van der Waals surface area contributed by atoms with Crippen molar-refractivity contribution in [1.29, 1.82) is 0 Å². The Morgan fingerprint density at radius 1 is 0.943 bits per heavy atom. The lowest BCUT2D eigenvalue weighted by Crippen LogP contribution is -2.23. The lowest BCUT2D eigenvalue weighted by atomic mass is 10.2. The topological polar surface area (TPSA) is 81.9 Å². The Kier molecular flexibility index (Phi) is 6.45. The van der Waals surface area contributed by atoms with Crippen molar-refractivity contribution in [2.75, 3.05) is 12.4 Å². The quantitative estimate of drug-likeness (QED) is 0.304. The molecule has 0 aliphatic rings. The number of aromatic nitrogens is 4. The summed E-state index contributed by atoms with van der Waals surface area (Å²) in [5.41, 5.74) is 3.38. The maximum atomic E-state index is 13.1. The summed E-state index contributed by atoms with van der Waals surface area (Å²) in [5.74, 6) is 1.33. The molecular weight excluding hydrogens is 458 g/mol. The van der Waals surface area contributed by atoms with Gasteiger partial charge in [-0.3, -0.25) is 14.3 Å². The third kappa shape index (κ3) is 4.74. The molecule has 0 saturated carbocycles. The molecule has 35 heavy (non-hydrogen) atoms. The van der Waals surface area contributed by atoms with Crippen LogP contribution in [0.4, 0.5) is 5.69 Å². The second-order valence-corrected chi connectivity index (χ2v) is 9.14. The van der Waals surface area contributed by atoms with E-state index in [0.29, 0.717) is 11.0 Å². The third-order valence-electron chi connectivity index (χ3n) is 5.55. The first-order valence-corrected chi connectivity index (χ1v) is 12.0. The van der Waals surface area contributed by atoms with Crippen LogP contribution in [0.5, 0.6) is 5.75 Å². The summed E-state index contributed by atoms with van der Waals surface area (Å²) in [6.45, 7) is 1.86. The first kappa shape index (κ1) is 22.6. The fourth-order valence-electron chi connectivity index (χ4n) is 3.74. The molecule has 0 fully saturated rings. The zero-order chi connectivity index (χ0) is 24.2. The summed E-state index contributed by atoms with van der Waals surface area (Å²) in [6.07, 6.45) is 1.74. The first-order chi connectivity index (χ1) is 17.1. The zero-order valence-corrected chi connectivity index (χ0v) is 20.1. The van der Waals surface area contributed by atoms with Crippen LogP contribution in [0.2, 0.25) is 0 Å². The lowest BCUT2D eigenvalue weighted by Gasteiger charge is -2.15. The van der Waals surface area contributed by atoms with Crippen LogP contribution in [-0.4, -0.2) is 38.0 Å². The van der Waals surface area contributed by atoms with Gasteiger partial charge in [0.25, 0.3) is 0 Å². The number of nitrogens with one attached hydrogen (secondary N) is 1. The van der Waals surface area contributed by atoms with E-state index in [2.05, 4.69) is 20.5 Å². The summed E-state index contributed by atoms with van der Waals surface area (Å²) >= 11 is 1.36. The molecule has 0 saturated heterocycles. The van der Waals surface area contributed by atoms with Gasteiger partial charge in [0.15, 0.2) is 11.0 Å². The van der Waals surface area contributed by atoms with Crippen LogP contribution in [0, 0.1) is 0 Å². The number of carbonyl (C=O) groups is 1. The zero-order valence-electron chi connectivity index (χ0n) is 19.3. The number of para-hydroxylation sites is 1. The Morgan fingerprint density at radius 2 is 1.74 bits per heavy atom. The van der Waals surface area contributed by atoms with Crippen molar-refractivity contribution in [3.05, 3.63) is 91.1 Å². The number of rotatable bonds is 7. The number of ether oxygens (including phenoxy) is 1. The minimum Gasteiger partial charge on any atom is -0.497 e. The summed E-state index contributed by atoms with van der Waals surface area (Å²) in [7, 11) is 1.64. The van der Waals surface area contributed by atoms with Crippen LogP contribution < -0.4 is 10.1 Å². The van der Waals surface area contributed by atoms with Gasteiger partial charge < -0.3 is 10.1 Å². The van der Waals surface area contributed by atoms with Crippen molar-refractivity contribution < 1.29 is 9.53 Å². The summed E-state index contributed by atoms with van der Waals surface area (Å²) in [5, 5.41) is 13.1. The fourth-order valence-corrected chi connectivity index (χ4v) is 4.61. The number of carbonyl (C=O) groups excluding carboxylic acids is 1.